The van der Waals surface area contributed by atoms with Gasteiger partial charge in [-0.15, -0.1) is 0 Å². The van der Waals surface area contributed by atoms with E-state index in [0.717, 1.165) is 13.1 Å². The fourth-order valence-electron chi connectivity index (χ4n) is 1.59. The Morgan fingerprint density at radius 2 is 2.00 bits per heavy atom. The summed E-state index contributed by atoms with van der Waals surface area (Å²) in [5, 5.41) is 8.70. The van der Waals surface area contributed by atoms with Crippen molar-refractivity contribution in [1.29, 1.82) is 0 Å². The predicted molar refractivity (Wildman–Crippen MR) is 65.8 cm³/mol. The molecule has 17 heavy (non-hydrogen) atoms. The molecule has 0 atom stereocenters. The molecular weight excluding hydrogens is 218 g/mol. The molecule has 0 radical (unpaired) electrons. The molecule has 0 saturated heterocycles. The number of carboxylic acids is 1. The SMILES string of the molecule is COCCN(CCC(=O)O)Cc1ccccc1. The van der Waals surface area contributed by atoms with Crippen LogP contribution in [0.4, 0.5) is 0 Å². The number of methoxy groups -OCH3 is 1. The summed E-state index contributed by atoms with van der Waals surface area (Å²) in [4.78, 5) is 12.7. The minimum absolute atomic E-state index is 0.163. The van der Waals surface area contributed by atoms with Gasteiger partial charge in [-0.05, 0) is 5.56 Å². The van der Waals surface area contributed by atoms with Gasteiger partial charge in [-0.1, -0.05) is 30.3 Å². The number of hydrogen-bond donors (Lipinski definition) is 1. The molecule has 1 aromatic carbocycles. The maximum absolute atomic E-state index is 10.6. The lowest BCUT2D eigenvalue weighted by Crippen LogP contribution is -2.29. The zero-order valence-electron chi connectivity index (χ0n) is 10.1. The van der Waals surface area contributed by atoms with Crippen LogP contribution in [0.2, 0.25) is 0 Å². The first-order valence-corrected chi connectivity index (χ1v) is 5.69. The van der Waals surface area contributed by atoms with Crippen molar-refractivity contribution in [3.63, 3.8) is 0 Å². The first-order chi connectivity index (χ1) is 8.22. The molecule has 0 spiro atoms. The third-order valence-corrected chi connectivity index (χ3v) is 2.50. The van der Waals surface area contributed by atoms with E-state index in [2.05, 4.69) is 4.90 Å². The molecule has 0 fully saturated rings. The van der Waals surface area contributed by atoms with Crippen molar-refractivity contribution >= 4 is 5.97 Å². The number of hydrogen-bond acceptors (Lipinski definition) is 3. The molecule has 0 heterocycles. The van der Waals surface area contributed by atoms with Crippen molar-refractivity contribution in [2.24, 2.45) is 0 Å². The van der Waals surface area contributed by atoms with Gasteiger partial charge in [0.05, 0.1) is 13.0 Å². The van der Waals surface area contributed by atoms with E-state index in [1.165, 1.54) is 5.56 Å². The van der Waals surface area contributed by atoms with Gasteiger partial charge in [0.1, 0.15) is 0 Å². The van der Waals surface area contributed by atoms with Crippen molar-refractivity contribution in [2.45, 2.75) is 13.0 Å². The zero-order chi connectivity index (χ0) is 12.5. The van der Waals surface area contributed by atoms with Crippen molar-refractivity contribution in [1.82, 2.24) is 4.90 Å². The molecule has 0 aliphatic heterocycles. The Kier molecular flexibility index (Phi) is 6.29. The lowest BCUT2D eigenvalue weighted by atomic mass is 10.2. The van der Waals surface area contributed by atoms with E-state index in [-0.39, 0.29) is 6.42 Å². The van der Waals surface area contributed by atoms with Gasteiger partial charge in [0.15, 0.2) is 0 Å². The van der Waals surface area contributed by atoms with Crippen LogP contribution in [0.5, 0.6) is 0 Å². The molecule has 0 aliphatic rings. The smallest absolute Gasteiger partial charge is 0.304 e. The van der Waals surface area contributed by atoms with Crippen LogP contribution in [0, 0.1) is 0 Å². The molecule has 1 aromatic rings. The van der Waals surface area contributed by atoms with E-state index in [1.54, 1.807) is 7.11 Å². The summed E-state index contributed by atoms with van der Waals surface area (Å²) in [5.74, 6) is -0.763. The molecule has 4 nitrogen and oxygen atoms in total. The summed E-state index contributed by atoms with van der Waals surface area (Å²) < 4.78 is 5.03. The van der Waals surface area contributed by atoms with E-state index < -0.39 is 5.97 Å². The molecular formula is C13H19NO3. The molecule has 4 heteroatoms. The lowest BCUT2D eigenvalue weighted by molar-refractivity contribution is -0.137. The second-order valence-corrected chi connectivity index (χ2v) is 3.90. The second kappa shape index (κ2) is 7.81. The van der Waals surface area contributed by atoms with E-state index in [9.17, 15) is 4.79 Å². The van der Waals surface area contributed by atoms with Gasteiger partial charge in [-0.2, -0.15) is 0 Å². The van der Waals surface area contributed by atoms with Crippen molar-refractivity contribution in [3.05, 3.63) is 35.9 Å². The molecule has 1 rings (SSSR count). The molecule has 0 saturated carbocycles. The summed E-state index contributed by atoms with van der Waals surface area (Å²) in [7, 11) is 1.65. The normalized spacial score (nSPS) is 10.7. The number of aliphatic carboxylic acids is 1. The summed E-state index contributed by atoms with van der Waals surface area (Å²) >= 11 is 0. The van der Waals surface area contributed by atoms with E-state index >= 15 is 0 Å². The van der Waals surface area contributed by atoms with Crippen molar-refractivity contribution < 1.29 is 14.6 Å². The Morgan fingerprint density at radius 1 is 1.29 bits per heavy atom. The molecule has 0 unspecified atom stereocenters. The van der Waals surface area contributed by atoms with Gasteiger partial charge in [-0.3, -0.25) is 9.69 Å². The highest BCUT2D eigenvalue weighted by atomic mass is 16.5. The quantitative estimate of drug-likeness (QED) is 0.746. The number of rotatable bonds is 8. The molecule has 0 bridgehead atoms. The highest BCUT2D eigenvalue weighted by Crippen LogP contribution is 2.04. The van der Waals surface area contributed by atoms with E-state index in [0.29, 0.717) is 13.2 Å². The van der Waals surface area contributed by atoms with Crippen LogP contribution >= 0.6 is 0 Å². The van der Waals surface area contributed by atoms with Gasteiger partial charge in [0.2, 0.25) is 0 Å². The molecule has 1 N–H and O–H groups in total. The molecule has 0 aromatic heterocycles. The fourth-order valence-corrected chi connectivity index (χ4v) is 1.59. The highest BCUT2D eigenvalue weighted by molar-refractivity contribution is 5.66. The average molecular weight is 237 g/mol. The van der Waals surface area contributed by atoms with Crippen molar-refractivity contribution in [3.8, 4) is 0 Å². The molecule has 0 aliphatic carbocycles. The number of carboxylic acid groups (broad SMARTS) is 1. The largest absolute Gasteiger partial charge is 0.481 e. The lowest BCUT2D eigenvalue weighted by Gasteiger charge is -2.21. The molecule has 0 amide bonds. The van der Waals surface area contributed by atoms with E-state index in [1.807, 2.05) is 30.3 Å². The Bertz CT molecular complexity index is 327. The number of carbonyl (C=O) groups is 1. The first-order valence-electron chi connectivity index (χ1n) is 5.69. The topological polar surface area (TPSA) is 49.8 Å². The van der Waals surface area contributed by atoms with Crippen molar-refractivity contribution in [2.75, 3.05) is 26.8 Å². The average Bonchev–Trinajstić information content (AvgIpc) is 2.34. The number of ether oxygens (including phenoxy) is 1. The summed E-state index contributed by atoms with van der Waals surface area (Å²) in [6, 6.07) is 10.0. The Balaban J connectivity index is 2.47. The predicted octanol–water partition coefficient (Wildman–Crippen LogP) is 1.61. The maximum Gasteiger partial charge on any atom is 0.304 e. The van der Waals surface area contributed by atoms with Crippen LogP contribution in [0.1, 0.15) is 12.0 Å². The molecule has 94 valence electrons. The van der Waals surface area contributed by atoms with Crippen LogP contribution in [-0.4, -0.2) is 42.8 Å². The number of nitrogens with zero attached hydrogens (tertiary/aromatic N) is 1. The van der Waals surface area contributed by atoms with Crippen LogP contribution in [0.25, 0.3) is 0 Å². The Morgan fingerprint density at radius 3 is 2.59 bits per heavy atom. The minimum atomic E-state index is -0.763. The Labute approximate surface area is 102 Å². The first kappa shape index (κ1) is 13.7. The van der Waals surface area contributed by atoms with Gasteiger partial charge < -0.3 is 9.84 Å². The van der Waals surface area contributed by atoms with E-state index in [4.69, 9.17) is 9.84 Å². The minimum Gasteiger partial charge on any atom is -0.481 e. The standard InChI is InChI=1S/C13H19NO3/c1-17-10-9-14(8-7-13(15)16)11-12-5-3-2-4-6-12/h2-6H,7-11H2,1H3,(H,15,16). The van der Waals surface area contributed by atoms with Gasteiger partial charge in [0.25, 0.3) is 0 Å². The Hall–Kier alpha value is -1.39. The van der Waals surface area contributed by atoms with Crippen LogP contribution in [0.3, 0.4) is 0 Å². The van der Waals surface area contributed by atoms with Gasteiger partial charge >= 0.3 is 5.97 Å². The second-order valence-electron chi connectivity index (χ2n) is 3.90. The number of benzene rings is 1. The zero-order valence-corrected chi connectivity index (χ0v) is 10.1. The van der Waals surface area contributed by atoms with Gasteiger partial charge in [-0.25, -0.2) is 0 Å². The monoisotopic (exact) mass is 237 g/mol. The van der Waals surface area contributed by atoms with Gasteiger partial charge in [0, 0.05) is 26.7 Å². The summed E-state index contributed by atoms with van der Waals surface area (Å²) in [6.45, 7) is 2.68. The summed E-state index contributed by atoms with van der Waals surface area (Å²) in [5.41, 5.74) is 1.19. The third kappa shape index (κ3) is 6.04. The van der Waals surface area contributed by atoms with Crippen LogP contribution < -0.4 is 0 Å². The van der Waals surface area contributed by atoms with Crippen LogP contribution in [0.15, 0.2) is 30.3 Å². The fraction of sp³-hybridized carbons (Fsp3) is 0.462. The highest BCUT2D eigenvalue weighted by Gasteiger charge is 2.07. The summed E-state index contributed by atoms with van der Waals surface area (Å²) in [6.07, 6.45) is 0.163. The maximum atomic E-state index is 10.6. The third-order valence-electron chi connectivity index (χ3n) is 2.50. The van der Waals surface area contributed by atoms with Crippen LogP contribution in [-0.2, 0) is 16.1 Å².